The van der Waals surface area contributed by atoms with Crippen LogP contribution < -0.4 is 0 Å². The minimum absolute atomic E-state index is 0.270. The van der Waals surface area contributed by atoms with Gasteiger partial charge in [-0.15, -0.1) is 0 Å². The summed E-state index contributed by atoms with van der Waals surface area (Å²) in [5, 5.41) is 0. The van der Waals surface area contributed by atoms with Crippen LogP contribution in [0.15, 0.2) is 35.3 Å². The van der Waals surface area contributed by atoms with Gasteiger partial charge in [0.05, 0.1) is 6.61 Å². The zero-order chi connectivity index (χ0) is 11.9. The Bertz CT molecular complexity index is 376. The topological polar surface area (TPSA) is 38.7 Å². The Kier molecular flexibility index (Phi) is 5.44. The van der Waals surface area contributed by atoms with E-state index in [4.69, 9.17) is 4.52 Å². The summed E-state index contributed by atoms with van der Waals surface area (Å²) >= 11 is 0. The predicted molar refractivity (Wildman–Crippen MR) is 68.7 cm³/mol. The summed E-state index contributed by atoms with van der Waals surface area (Å²) in [6, 6.07) is 9.77. The Labute approximate surface area is 97.0 Å². The van der Waals surface area contributed by atoms with Gasteiger partial charge in [-0.3, -0.25) is 9.56 Å². The van der Waals surface area contributed by atoms with Crippen molar-refractivity contribution >= 4 is 13.6 Å². The highest BCUT2D eigenvalue weighted by molar-refractivity contribution is 7.58. The second kappa shape index (κ2) is 6.62. The molecule has 16 heavy (non-hydrogen) atoms. The van der Waals surface area contributed by atoms with E-state index in [1.807, 2.05) is 44.2 Å². The van der Waals surface area contributed by atoms with Gasteiger partial charge < -0.3 is 4.52 Å². The van der Waals surface area contributed by atoms with Crippen molar-refractivity contribution in [1.82, 2.24) is 0 Å². The second-order valence-electron chi connectivity index (χ2n) is 3.41. The van der Waals surface area contributed by atoms with Gasteiger partial charge in [-0.25, -0.2) is 0 Å². The van der Waals surface area contributed by atoms with Gasteiger partial charge in [-0.2, -0.15) is 0 Å². The van der Waals surface area contributed by atoms with E-state index in [9.17, 15) is 4.57 Å². The molecular formula is C12H18NO2P. The molecule has 0 aliphatic carbocycles. The molecule has 0 spiro atoms. The molecule has 1 atom stereocenters. The molecule has 0 aromatic heterocycles. The number of aliphatic imine (C=N–C) groups is 1. The number of benzene rings is 1. The lowest BCUT2D eigenvalue weighted by molar-refractivity contribution is 0.334. The van der Waals surface area contributed by atoms with E-state index >= 15 is 0 Å². The minimum atomic E-state index is -2.54. The maximum absolute atomic E-state index is 12.0. The fourth-order valence-electron chi connectivity index (χ4n) is 1.28. The van der Waals surface area contributed by atoms with E-state index in [2.05, 4.69) is 4.99 Å². The van der Waals surface area contributed by atoms with Crippen LogP contribution in [0.3, 0.4) is 0 Å². The molecule has 3 nitrogen and oxygen atoms in total. The molecule has 88 valence electrons. The van der Waals surface area contributed by atoms with Crippen LogP contribution in [0.25, 0.3) is 0 Å². The van der Waals surface area contributed by atoms with Gasteiger partial charge in [-0.1, -0.05) is 37.3 Å². The van der Waals surface area contributed by atoms with Crippen molar-refractivity contribution in [2.24, 2.45) is 4.99 Å². The molecule has 1 unspecified atom stereocenters. The molecule has 0 N–H and O–H groups in total. The van der Waals surface area contributed by atoms with Crippen LogP contribution >= 0.6 is 7.37 Å². The maximum atomic E-state index is 12.0. The third-order valence-corrected chi connectivity index (χ3v) is 4.47. The Balaban J connectivity index is 2.56. The van der Waals surface area contributed by atoms with E-state index < -0.39 is 7.37 Å². The zero-order valence-corrected chi connectivity index (χ0v) is 10.7. The molecule has 0 fully saturated rings. The largest absolute Gasteiger partial charge is 0.328 e. The summed E-state index contributed by atoms with van der Waals surface area (Å²) in [6.45, 7) is 4.20. The van der Waals surface area contributed by atoms with E-state index in [1.165, 1.54) is 0 Å². The Morgan fingerprint density at radius 3 is 2.56 bits per heavy atom. The summed E-state index contributed by atoms with van der Waals surface area (Å²) in [7, 11) is -2.54. The number of rotatable bonds is 6. The van der Waals surface area contributed by atoms with Crippen molar-refractivity contribution in [3.63, 3.8) is 0 Å². The van der Waals surface area contributed by atoms with Crippen LogP contribution in [-0.2, 0) is 9.09 Å². The highest BCUT2D eigenvalue weighted by Crippen LogP contribution is 2.46. The first-order valence-electron chi connectivity index (χ1n) is 5.47. The van der Waals surface area contributed by atoms with Gasteiger partial charge >= 0.3 is 0 Å². The first-order valence-corrected chi connectivity index (χ1v) is 7.47. The van der Waals surface area contributed by atoms with Crippen molar-refractivity contribution < 1.29 is 9.09 Å². The lowest BCUT2D eigenvalue weighted by Crippen LogP contribution is -1.96. The third kappa shape index (κ3) is 4.30. The summed E-state index contributed by atoms with van der Waals surface area (Å²) in [5.74, 6) is 0. The summed E-state index contributed by atoms with van der Waals surface area (Å²) < 4.78 is 17.3. The second-order valence-corrected chi connectivity index (χ2v) is 6.21. The van der Waals surface area contributed by atoms with Crippen molar-refractivity contribution in [1.29, 1.82) is 0 Å². The van der Waals surface area contributed by atoms with E-state index in [0.29, 0.717) is 12.8 Å². The molecule has 0 bridgehead atoms. The molecule has 1 aromatic carbocycles. The SMILES string of the molecule is CCOP(=O)(CC)CN=Cc1ccccc1. The molecule has 4 heteroatoms. The van der Waals surface area contributed by atoms with E-state index in [1.54, 1.807) is 6.21 Å². The van der Waals surface area contributed by atoms with Crippen LogP contribution in [0.2, 0.25) is 0 Å². The molecule has 0 radical (unpaired) electrons. The van der Waals surface area contributed by atoms with Crippen molar-refractivity contribution in [3.8, 4) is 0 Å². The van der Waals surface area contributed by atoms with Crippen LogP contribution in [0.1, 0.15) is 19.4 Å². The van der Waals surface area contributed by atoms with Crippen LogP contribution in [0.5, 0.6) is 0 Å². The summed E-state index contributed by atoms with van der Waals surface area (Å²) in [4.78, 5) is 4.19. The first kappa shape index (κ1) is 13.1. The third-order valence-electron chi connectivity index (χ3n) is 2.18. The standard InChI is InChI=1S/C12H18NO2P/c1-3-15-16(14,4-2)11-13-10-12-8-6-5-7-9-12/h5-10H,3-4,11H2,1-2H3. The Morgan fingerprint density at radius 1 is 1.31 bits per heavy atom. The Morgan fingerprint density at radius 2 is 2.00 bits per heavy atom. The average Bonchev–Trinajstić information content (AvgIpc) is 2.31. The normalized spacial score (nSPS) is 15.1. The van der Waals surface area contributed by atoms with Crippen LogP contribution in [0.4, 0.5) is 0 Å². The lowest BCUT2D eigenvalue weighted by atomic mass is 10.2. The summed E-state index contributed by atoms with van der Waals surface area (Å²) in [6.07, 6.45) is 2.54. The van der Waals surface area contributed by atoms with E-state index in [-0.39, 0.29) is 6.29 Å². The number of hydrogen-bond acceptors (Lipinski definition) is 3. The van der Waals surface area contributed by atoms with Gasteiger partial charge in [-0.05, 0) is 12.5 Å². The van der Waals surface area contributed by atoms with E-state index in [0.717, 1.165) is 5.56 Å². The average molecular weight is 239 g/mol. The zero-order valence-electron chi connectivity index (χ0n) is 9.80. The molecule has 0 amide bonds. The number of nitrogens with zero attached hydrogens (tertiary/aromatic N) is 1. The fraction of sp³-hybridized carbons (Fsp3) is 0.417. The molecule has 0 aliphatic rings. The smallest absolute Gasteiger partial charge is 0.223 e. The van der Waals surface area contributed by atoms with Crippen molar-refractivity contribution in [2.45, 2.75) is 13.8 Å². The van der Waals surface area contributed by atoms with Gasteiger partial charge in [0, 0.05) is 12.4 Å². The predicted octanol–water partition coefficient (Wildman–Crippen LogP) is 3.40. The van der Waals surface area contributed by atoms with Gasteiger partial charge in [0.15, 0.2) is 0 Å². The molecule has 0 saturated heterocycles. The monoisotopic (exact) mass is 239 g/mol. The molecule has 1 aromatic rings. The molecule has 0 saturated carbocycles. The molecular weight excluding hydrogens is 221 g/mol. The van der Waals surface area contributed by atoms with Crippen LogP contribution in [-0.4, -0.2) is 25.3 Å². The van der Waals surface area contributed by atoms with Gasteiger partial charge in [0.1, 0.15) is 6.29 Å². The quantitative estimate of drug-likeness (QED) is 0.563. The highest BCUT2D eigenvalue weighted by Gasteiger charge is 2.18. The molecule has 1 rings (SSSR count). The molecule has 0 aliphatic heterocycles. The van der Waals surface area contributed by atoms with Crippen LogP contribution in [0, 0.1) is 0 Å². The highest BCUT2D eigenvalue weighted by atomic mass is 31.2. The summed E-state index contributed by atoms with van der Waals surface area (Å²) in [5.41, 5.74) is 1.02. The van der Waals surface area contributed by atoms with Crippen molar-refractivity contribution in [3.05, 3.63) is 35.9 Å². The maximum Gasteiger partial charge on any atom is 0.223 e. The van der Waals surface area contributed by atoms with Crippen molar-refractivity contribution in [2.75, 3.05) is 19.1 Å². The first-order chi connectivity index (χ1) is 7.70. The Hall–Kier alpha value is -0.920. The van der Waals surface area contributed by atoms with Gasteiger partial charge in [0.2, 0.25) is 7.37 Å². The number of hydrogen-bond donors (Lipinski definition) is 0. The minimum Gasteiger partial charge on any atom is -0.328 e. The molecule has 0 heterocycles. The fourth-order valence-corrected chi connectivity index (χ4v) is 2.54. The lowest BCUT2D eigenvalue weighted by Gasteiger charge is -2.12. The van der Waals surface area contributed by atoms with Gasteiger partial charge in [0.25, 0.3) is 0 Å².